The average Bonchev–Trinajstić information content (AvgIpc) is 2.48. The molecule has 1 heterocycles. The first kappa shape index (κ1) is 16.2. The number of rotatable bonds is 4. The van der Waals surface area contributed by atoms with Crippen LogP contribution in [-0.2, 0) is 0 Å². The van der Waals surface area contributed by atoms with Crippen LogP contribution in [0.1, 0.15) is 26.7 Å². The highest BCUT2D eigenvalue weighted by molar-refractivity contribution is 9.10. The highest BCUT2D eigenvalue weighted by Crippen LogP contribution is 2.35. The van der Waals surface area contributed by atoms with Crippen molar-refractivity contribution >= 4 is 27.3 Å². The number of anilines is 1. The Morgan fingerprint density at radius 2 is 2.19 bits per heavy atom. The number of piperazine rings is 1. The van der Waals surface area contributed by atoms with Crippen molar-refractivity contribution in [1.82, 2.24) is 5.32 Å². The Morgan fingerprint density at radius 1 is 1.48 bits per heavy atom. The number of nitrogens with zero attached hydrogens (tertiary/aromatic N) is 2. The molecule has 5 nitrogen and oxygen atoms in total. The lowest BCUT2D eigenvalue weighted by Crippen LogP contribution is -2.56. The third-order valence-electron chi connectivity index (χ3n) is 3.99. The fourth-order valence-corrected chi connectivity index (χ4v) is 3.03. The molecular weight excluding hydrogens is 341 g/mol. The Labute approximate surface area is 131 Å². The lowest BCUT2D eigenvalue weighted by molar-refractivity contribution is -0.384. The molecule has 1 N–H and O–H groups in total. The minimum atomic E-state index is -0.475. The first-order valence-corrected chi connectivity index (χ1v) is 7.90. The van der Waals surface area contributed by atoms with Gasteiger partial charge in [-0.2, -0.15) is 0 Å². The summed E-state index contributed by atoms with van der Waals surface area (Å²) in [4.78, 5) is 12.8. The van der Waals surface area contributed by atoms with Crippen LogP contribution in [0.15, 0.2) is 16.6 Å². The first-order valence-electron chi connectivity index (χ1n) is 7.11. The molecule has 21 heavy (non-hydrogen) atoms. The van der Waals surface area contributed by atoms with Gasteiger partial charge in [0.2, 0.25) is 0 Å². The molecule has 2 atom stereocenters. The Hall–Kier alpha value is -1.21. The number of nitro groups is 1. The zero-order valence-electron chi connectivity index (χ0n) is 12.1. The van der Waals surface area contributed by atoms with E-state index < -0.39 is 10.7 Å². The number of halogens is 2. The maximum absolute atomic E-state index is 13.9. The monoisotopic (exact) mass is 359 g/mol. The zero-order chi connectivity index (χ0) is 15.6. The Bertz CT molecular complexity index is 541. The number of hydrogen-bond acceptors (Lipinski definition) is 4. The molecule has 0 aromatic heterocycles. The predicted molar refractivity (Wildman–Crippen MR) is 84.3 cm³/mol. The highest BCUT2D eigenvalue weighted by Gasteiger charge is 2.31. The maximum Gasteiger partial charge on any atom is 0.293 e. The Kier molecular flexibility index (Phi) is 5.16. The summed E-state index contributed by atoms with van der Waals surface area (Å²) in [6.07, 6.45) is 1.78. The van der Waals surface area contributed by atoms with Gasteiger partial charge in [0, 0.05) is 37.3 Å². The molecule has 0 amide bonds. The van der Waals surface area contributed by atoms with Gasteiger partial charge in [0.1, 0.15) is 11.5 Å². The van der Waals surface area contributed by atoms with Crippen molar-refractivity contribution in [3.05, 3.63) is 32.5 Å². The van der Waals surface area contributed by atoms with Gasteiger partial charge in [0.05, 0.1) is 9.40 Å². The van der Waals surface area contributed by atoms with Crippen molar-refractivity contribution in [2.75, 3.05) is 18.0 Å². The zero-order valence-corrected chi connectivity index (χ0v) is 13.7. The molecule has 116 valence electrons. The van der Waals surface area contributed by atoms with Crippen molar-refractivity contribution in [2.24, 2.45) is 0 Å². The molecule has 0 aliphatic carbocycles. The second kappa shape index (κ2) is 6.70. The quantitative estimate of drug-likeness (QED) is 0.660. The molecule has 1 aromatic carbocycles. The fraction of sp³-hybridized carbons (Fsp3) is 0.571. The second-order valence-electron chi connectivity index (χ2n) is 5.24. The van der Waals surface area contributed by atoms with Crippen LogP contribution in [-0.4, -0.2) is 30.1 Å². The van der Waals surface area contributed by atoms with E-state index in [1.54, 1.807) is 0 Å². The molecule has 7 heteroatoms. The Balaban J connectivity index is 2.46. The first-order chi connectivity index (χ1) is 9.97. The standard InChI is InChI=1S/C14H19BrFN3O2/c1-3-9-8-18(10(4-2)7-17-9)13-6-12(16)11(15)5-14(13)19(20)21/h5-6,9-10,17H,3-4,7-8H2,1-2H3. The van der Waals surface area contributed by atoms with E-state index in [1.165, 1.54) is 12.1 Å². The molecule has 1 fully saturated rings. The largest absolute Gasteiger partial charge is 0.360 e. The van der Waals surface area contributed by atoms with Crippen molar-refractivity contribution in [3.8, 4) is 0 Å². The lowest BCUT2D eigenvalue weighted by atomic mass is 10.0. The predicted octanol–water partition coefficient (Wildman–Crippen LogP) is 3.46. The van der Waals surface area contributed by atoms with Gasteiger partial charge in [0.15, 0.2) is 0 Å². The van der Waals surface area contributed by atoms with Crippen LogP contribution in [0, 0.1) is 15.9 Å². The van der Waals surface area contributed by atoms with E-state index in [0.717, 1.165) is 19.4 Å². The van der Waals surface area contributed by atoms with Crippen molar-refractivity contribution < 1.29 is 9.31 Å². The summed E-state index contributed by atoms with van der Waals surface area (Å²) < 4.78 is 14.0. The average molecular weight is 360 g/mol. The topological polar surface area (TPSA) is 58.4 Å². The van der Waals surface area contributed by atoms with Crippen LogP contribution in [0.5, 0.6) is 0 Å². The highest BCUT2D eigenvalue weighted by atomic mass is 79.9. The molecule has 0 saturated carbocycles. The summed E-state index contributed by atoms with van der Waals surface area (Å²) in [5.74, 6) is -0.475. The van der Waals surface area contributed by atoms with E-state index in [2.05, 4.69) is 28.2 Å². The van der Waals surface area contributed by atoms with Crippen LogP contribution in [0.2, 0.25) is 0 Å². The number of benzene rings is 1. The van der Waals surface area contributed by atoms with Gasteiger partial charge >= 0.3 is 0 Å². The Morgan fingerprint density at radius 3 is 2.76 bits per heavy atom. The molecule has 0 radical (unpaired) electrons. The van der Waals surface area contributed by atoms with Crippen LogP contribution in [0.4, 0.5) is 15.8 Å². The third kappa shape index (κ3) is 3.35. The van der Waals surface area contributed by atoms with E-state index >= 15 is 0 Å². The summed E-state index contributed by atoms with van der Waals surface area (Å²) in [5, 5.41) is 14.7. The van der Waals surface area contributed by atoms with Gasteiger partial charge in [-0.25, -0.2) is 4.39 Å². The molecule has 1 aliphatic heterocycles. The van der Waals surface area contributed by atoms with Crippen molar-refractivity contribution in [3.63, 3.8) is 0 Å². The van der Waals surface area contributed by atoms with Crippen molar-refractivity contribution in [1.29, 1.82) is 0 Å². The molecule has 2 unspecified atom stereocenters. The molecule has 0 spiro atoms. The molecule has 1 aromatic rings. The number of hydrogen-bond donors (Lipinski definition) is 1. The molecule has 1 saturated heterocycles. The summed E-state index contributed by atoms with van der Waals surface area (Å²) in [5.41, 5.74) is 0.311. The van der Waals surface area contributed by atoms with Gasteiger partial charge in [-0.05, 0) is 28.8 Å². The third-order valence-corrected chi connectivity index (χ3v) is 4.60. The van der Waals surface area contributed by atoms with Crippen molar-refractivity contribution in [2.45, 2.75) is 38.8 Å². The van der Waals surface area contributed by atoms with Gasteiger partial charge < -0.3 is 10.2 Å². The van der Waals surface area contributed by atoms with Crippen LogP contribution in [0.3, 0.4) is 0 Å². The smallest absolute Gasteiger partial charge is 0.293 e. The minimum absolute atomic E-state index is 0.0570. The van der Waals surface area contributed by atoms with E-state index in [9.17, 15) is 14.5 Å². The normalized spacial score (nSPS) is 22.4. The SMILES string of the molecule is CCC1CN(c2cc(F)c(Br)cc2[N+](=O)[O-])C(CC)CN1. The number of nitro benzene ring substituents is 1. The van der Waals surface area contributed by atoms with Gasteiger partial charge in [0.25, 0.3) is 5.69 Å². The molecule has 1 aliphatic rings. The summed E-state index contributed by atoms with van der Waals surface area (Å²) >= 11 is 3.02. The summed E-state index contributed by atoms with van der Waals surface area (Å²) in [7, 11) is 0. The minimum Gasteiger partial charge on any atom is -0.360 e. The van der Waals surface area contributed by atoms with Crippen LogP contribution >= 0.6 is 15.9 Å². The van der Waals surface area contributed by atoms with Gasteiger partial charge in [-0.1, -0.05) is 13.8 Å². The van der Waals surface area contributed by atoms with E-state index in [1.807, 2.05) is 11.8 Å². The summed E-state index contributed by atoms with van der Waals surface area (Å²) in [6, 6.07) is 2.91. The van der Waals surface area contributed by atoms with E-state index in [4.69, 9.17) is 0 Å². The maximum atomic E-state index is 13.9. The summed E-state index contributed by atoms with van der Waals surface area (Å²) in [6.45, 7) is 5.51. The lowest BCUT2D eigenvalue weighted by Gasteiger charge is -2.41. The second-order valence-corrected chi connectivity index (χ2v) is 6.09. The van der Waals surface area contributed by atoms with Gasteiger partial charge in [-0.15, -0.1) is 0 Å². The number of nitrogens with one attached hydrogen (secondary N) is 1. The van der Waals surface area contributed by atoms with E-state index in [-0.39, 0.29) is 22.2 Å². The molecule has 2 rings (SSSR count). The van der Waals surface area contributed by atoms with Crippen LogP contribution in [0.25, 0.3) is 0 Å². The van der Waals surface area contributed by atoms with Gasteiger partial charge in [-0.3, -0.25) is 10.1 Å². The fourth-order valence-electron chi connectivity index (χ4n) is 2.70. The molecular formula is C14H19BrFN3O2. The van der Waals surface area contributed by atoms with Crippen LogP contribution < -0.4 is 10.2 Å². The molecule has 0 bridgehead atoms. The van der Waals surface area contributed by atoms with E-state index in [0.29, 0.717) is 12.2 Å².